The number of phenols is 1. The average Bonchev–Trinajstić information content (AvgIpc) is 3.28. The van der Waals surface area contributed by atoms with Crippen LogP contribution in [0.1, 0.15) is 113 Å². The molecule has 1 aliphatic carbocycles. The van der Waals surface area contributed by atoms with E-state index in [2.05, 4.69) is 54.8 Å². The topological polar surface area (TPSA) is 192 Å². The number of carbonyl (C=O) groups excluding carboxylic acids is 2. The second-order valence-corrected chi connectivity index (χ2v) is 25.8. The molecule has 1 saturated carbocycles. The van der Waals surface area contributed by atoms with E-state index in [1.54, 1.807) is 31.4 Å². The molecule has 4 aromatic carbocycles. The number of carboxylic acid groups (broad SMARTS) is 1. The molecule has 6 N–H and O–H groups in total. The van der Waals surface area contributed by atoms with Crippen molar-refractivity contribution in [3.8, 4) is 22.6 Å². The van der Waals surface area contributed by atoms with Crippen molar-refractivity contribution >= 4 is 54.6 Å². The van der Waals surface area contributed by atoms with Gasteiger partial charge in [0.1, 0.15) is 17.1 Å². The SMILES string of the molecule is COc1cc(C(=O)NCCCCc2ccc(-c3ccccc3)c(N(C(=O)O)C3CCC(NC(=O)OC(C)(C)C)CC3)c2)c(Cl)cc1CNC[C@H](O[Si](C)(C)C(C)(C)C)c1ccc(O)c2[nH]c(=O)ccc12. The lowest BCUT2D eigenvalue weighted by molar-refractivity contribution is 0.0490. The number of aryl methyl sites for hydroxylation is 1. The Labute approximate surface area is 417 Å². The number of anilines is 1. The monoisotopic (exact) mass is 995 g/mol. The van der Waals surface area contributed by atoms with Crippen molar-refractivity contribution in [1.29, 1.82) is 0 Å². The number of fused-ring (bicyclic) bond motifs is 1. The molecular formula is C54H70ClN5O9Si. The molecule has 14 nitrogen and oxygen atoms in total. The van der Waals surface area contributed by atoms with Crippen LogP contribution in [0.15, 0.2) is 89.7 Å². The number of alkyl carbamates (subject to hydrolysis) is 1. The Hall–Kier alpha value is -5.87. The third-order valence-electron chi connectivity index (χ3n) is 13.3. The number of aromatic hydroxyl groups is 1. The van der Waals surface area contributed by atoms with E-state index < -0.39 is 32.2 Å². The molecule has 70 heavy (non-hydrogen) atoms. The second kappa shape index (κ2) is 22.9. The lowest BCUT2D eigenvalue weighted by Crippen LogP contribution is -2.47. The van der Waals surface area contributed by atoms with Crippen molar-refractivity contribution in [2.45, 2.75) is 135 Å². The summed E-state index contributed by atoms with van der Waals surface area (Å²) in [6.07, 6.45) is 2.56. The second-order valence-electron chi connectivity index (χ2n) is 20.7. The number of nitrogens with one attached hydrogen (secondary N) is 4. The molecule has 1 atom stereocenters. The van der Waals surface area contributed by atoms with E-state index in [9.17, 15) is 29.4 Å². The molecule has 0 unspecified atom stereocenters. The van der Waals surface area contributed by atoms with Crippen LogP contribution >= 0.6 is 11.6 Å². The van der Waals surface area contributed by atoms with Gasteiger partial charge < -0.3 is 45.0 Å². The van der Waals surface area contributed by atoms with Crippen molar-refractivity contribution in [2.24, 2.45) is 0 Å². The number of H-pyrrole nitrogens is 1. The van der Waals surface area contributed by atoms with Crippen molar-refractivity contribution in [1.82, 2.24) is 20.9 Å². The molecule has 0 bridgehead atoms. The Balaban J connectivity index is 1.08. The van der Waals surface area contributed by atoms with Gasteiger partial charge in [-0.2, -0.15) is 0 Å². The van der Waals surface area contributed by atoms with Crippen molar-refractivity contribution in [3.63, 3.8) is 0 Å². The van der Waals surface area contributed by atoms with E-state index in [1.165, 1.54) is 11.0 Å². The van der Waals surface area contributed by atoms with Gasteiger partial charge in [-0.05, 0) is 131 Å². The maximum Gasteiger partial charge on any atom is 0.412 e. The Morgan fingerprint density at radius 1 is 0.914 bits per heavy atom. The van der Waals surface area contributed by atoms with Gasteiger partial charge in [0, 0.05) is 54.3 Å². The molecule has 1 heterocycles. The molecule has 1 aromatic heterocycles. The lowest BCUT2D eigenvalue weighted by Gasteiger charge is -2.39. The van der Waals surface area contributed by atoms with Crippen LogP contribution < -0.4 is 31.1 Å². The number of halogens is 1. The summed E-state index contributed by atoms with van der Waals surface area (Å²) in [5.74, 6) is 0.144. The minimum atomic E-state index is -2.31. The van der Waals surface area contributed by atoms with Crippen LogP contribution in [-0.2, 0) is 22.1 Å². The lowest BCUT2D eigenvalue weighted by atomic mass is 9.89. The summed E-state index contributed by atoms with van der Waals surface area (Å²) in [4.78, 5) is 55.5. The number of hydrogen-bond donors (Lipinski definition) is 6. The van der Waals surface area contributed by atoms with Gasteiger partial charge in [-0.1, -0.05) is 80.9 Å². The predicted molar refractivity (Wildman–Crippen MR) is 280 cm³/mol. The largest absolute Gasteiger partial charge is 0.506 e. The van der Waals surface area contributed by atoms with Crippen LogP contribution in [0.4, 0.5) is 15.3 Å². The quantitative estimate of drug-likeness (QED) is 0.0364. The number of rotatable bonds is 18. The molecule has 376 valence electrons. The number of ether oxygens (including phenoxy) is 2. The number of methoxy groups -OCH3 is 1. The van der Waals surface area contributed by atoms with Gasteiger partial charge in [-0.15, -0.1) is 0 Å². The summed E-state index contributed by atoms with van der Waals surface area (Å²) in [5.41, 5.74) is 4.64. The number of hydrogen-bond acceptors (Lipinski definition) is 9. The van der Waals surface area contributed by atoms with E-state index in [0.29, 0.717) is 80.5 Å². The van der Waals surface area contributed by atoms with Gasteiger partial charge in [-0.25, -0.2) is 9.59 Å². The highest BCUT2D eigenvalue weighted by Crippen LogP contribution is 2.42. The number of aromatic amines is 1. The van der Waals surface area contributed by atoms with Crippen molar-refractivity contribution in [3.05, 3.63) is 123 Å². The number of aromatic nitrogens is 1. The highest BCUT2D eigenvalue weighted by Gasteiger charge is 2.40. The summed E-state index contributed by atoms with van der Waals surface area (Å²) in [6, 6.07) is 25.3. The summed E-state index contributed by atoms with van der Waals surface area (Å²) >= 11 is 6.78. The van der Waals surface area contributed by atoms with Crippen LogP contribution in [-0.4, -0.2) is 79.5 Å². The molecule has 0 saturated heterocycles. The fraction of sp³-hybridized carbons (Fsp3) is 0.444. The van der Waals surface area contributed by atoms with Crippen LogP contribution in [0.25, 0.3) is 22.0 Å². The molecule has 1 fully saturated rings. The van der Waals surface area contributed by atoms with Crippen molar-refractivity contribution < 1.29 is 38.5 Å². The zero-order chi connectivity index (χ0) is 51.0. The van der Waals surface area contributed by atoms with E-state index in [4.69, 9.17) is 25.5 Å². The normalized spacial score (nSPS) is 15.8. The predicted octanol–water partition coefficient (Wildman–Crippen LogP) is 11.5. The molecule has 6 rings (SSSR count). The number of phenolic OH excluding ortho intramolecular Hbond substituents is 1. The minimum Gasteiger partial charge on any atom is -0.506 e. The van der Waals surface area contributed by atoms with Crippen LogP contribution in [0, 0.1) is 0 Å². The zero-order valence-corrected chi connectivity index (χ0v) is 43.7. The van der Waals surface area contributed by atoms with Gasteiger partial charge in [-0.3, -0.25) is 14.5 Å². The molecule has 3 amide bonds. The Bertz CT molecular complexity index is 2690. The van der Waals surface area contributed by atoms with E-state index in [1.807, 2.05) is 75.4 Å². The number of amides is 3. The maximum absolute atomic E-state index is 13.5. The van der Waals surface area contributed by atoms with Gasteiger partial charge in [0.05, 0.1) is 35.0 Å². The van der Waals surface area contributed by atoms with Gasteiger partial charge in [0.15, 0.2) is 8.32 Å². The third kappa shape index (κ3) is 13.7. The maximum atomic E-state index is 13.5. The highest BCUT2D eigenvalue weighted by molar-refractivity contribution is 6.74. The number of pyridine rings is 1. The van der Waals surface area contributed by atoms with E-state index >= 15 is 0 Å². The molecule has 1 aliphatic rings. The number of benzene rings is 4. The Kier molecular flexibility index (Phi) is 17.5. The molecule has 0 spiro atoms. The minimum absolute atomic E-state index is 0.0210. The first kappa shape index (κ1) is 53.5. The molecule has 0 aliphatic heterocycles. The molecular weight excluding hydrogens is 926 g/mol. The van der Waals surface area contributed by atoms with Crippen LogP contribution in [0.3, 0.4) is 0 Å². The van der Waals surface area contributed by atoms with Crippen LogP contribution in [0.5, 0.6) is 11.5 Å². The third-order valence-corrected chi connectivity index (χ3v) is 18.1. The Morgan fingerprint density at radius 2 is 1.63 bits per heavy atom. The molecule has 16 heteroatoms. The molecule has 5 aromatic rings. The fourth-order valence-corrected chi connectivity index (χ4v) is 10.2. The fourth-order valence-electron chi connectivity index (χ4n) is 8.68. The summed E-state index contributed by atoms with van der Waals surface area (Å²) < 4.78 is 18.2. The average molecular weight is 997 g/mol. The van der Waals surface area contributed by atoms with Crippen molar-refractivity contribution in [2.75, 3.05) is 25.1 Å². The smallest absolute Gasteiger partial charge is 0.412 e. The molecule has 0 radical (unpaired) electrons. The Morgan fingerprint density at radius 3 is 2.29 bits per heavy atom. The first-order valence-electron chi connectivity index (χ1n) is 24.1. The first-order chi connectivity index (χ1) is 33.0. The first-order valence-corrected chi connectivity index (χ1v) is 27.4. The standard InChI is InChI=1S/C54H70ClN5O9Si/c1-53(2,3)68-51(64)58-37-19-21-38(22-20-37)60(52(65)66)44-29-34(18-23-39(44)35-16-11-10-12-17-35)15-13-14-28-57-50(63)42-31-46(67-7)36(30-43(42)55)32-56-33-47(69-70(8,9)54(4,5)6)40-24-26-45(61)49-41(40)25-27-48(62)59-49/h10-12,16-18,23-27,29-31,37-38,47,56,61H,13-15,19-22,28,32-33H2,1-9H3,(H,57,63)(H,58,64)(H,59,62)(H,65,66)/t37?,38?,47-/m0/s1. The highest BCUT2D eigenvalue weighted by atomic mass is 35.5. The number of nitrogens with zero attached hydrogens (tertiary/aromatic N) is 1. The number of carbonyl (C=O) groups is 3. The van der Waals surface area contributed by atoms with Crippen LogP contribution in [0.2, 0.25) is 23.2 Å². The van der Waals surface area contributed by atoms with Gasteiger partial charge >= 0.3 is 12.2 Å². The van der Waals surface area contributed by atoms with E-state index in [0.717, 1.165) is 34.2 Å². The zero-order valence-electron chi connectivity index (χ0n) is 42.0. The van der Waals surface area contributed by atoms with Gasteiger partial charge in [0.25, 0.3) is 5.91 Å². The van der Waals surface area contributed by atoms with E-state index in [-0.39, 0.29) is 44.9 Å². The summed E-state index contributed by atoms with van der Waals surface area (Å²) in [7, 11) is -0.764. The summed E-state index contributed by atoms with van der Waals surface area (Å²) in [6.45, 7) is 17.5. The summed E-state index contributed by atoms with van der Waals surface area (Å²) in [5, 5.41) is 31.6. The van der Waals surface area contributed by atoms with Gasteiger partial charge in [0.2, 0.25) is 5.56 Å². The number of unbranched alkanes of at least 4 members (excludes halogenated alkanes) is 1.